The summed E-state index contributed by atoms with van der Waals surface area (Å²) in [6.07, 6.45) is -0.194. The first-order chi connectivity index (χ1) is 6.96. The molecule has 5 heteroatoms. The quantitative estimate of drug-likeness (QED) is 0.645. The highest BCUT2D eigenvalue weighted by atomic mass is 16.6. The van der Waals surface area contributed by atoms with E-state index in [4.69, 9.17) is 4.74 Å². The van der Waals surface area contributed by atoms with Crippen LogP contribution in [0, 0.1) is 5.92 Å². The largest absolute Gasteiger partial charge is 0.453 e. The zero-order valence-corrected chi connectivity index (χ0v) is 9.52. The lowest BCUT2D eigenvalue weighted by molar-refractivity contribution is -0.115. The molecule has 0 saturated carbocycles. The van der Waals surface area contributed by atoms with Gasteiger partial charge in [-0.15, -0.1) is 0 Å². The molecular formula is C10H17NO4. The van der Waals surface area contributed by atoms with E-state index in [2.05, 4.69) is 4.74 Å². The maximum atomic E-state index is 11.6. The summed E-state index contributed by atoms with van der Waals surface area (Å²) in [7, 11) is 1.29. The molecule has 1 saturated heterocycles. The van der Waals surface area contributed by atoms with E-state index < -0.39 is 17.9 Å². The molecule has 1 heterocycles. The third kappa shape index (κ3) is 1.97. The van der Waals surface area contributed by atoms with Crippen molar-refractivity contribution in [1.29, 1.82) is 0 Å². The molecule has 0 aromatic rings. The van der Waals surface area contributed by atoms with Gasteiger partial charge in [-0.25, -0.2) is 4.79 Å². The van der Waals surface area contributed by atoms with Crippen LogP contribution in [0.25, 0.3) is 0 Å². The summed E-state index contributed by atoms with van der Waals surface area (Å²) >= 11 is 0. The summed E-state index contributed by atoms with van der Waals surface area (Å²) in [4.78, 5) is 23.9. The van der Waals surface area contributed by atoms with Gasteiger partial charge in [-0.1, -0.05) is 13.8 Å². The summed E-state index contributed by atoms with van der Waals surface area (Å²) in [5, 5.41) is 0. The van der Waals surface area contributed by atoms with E-state index >= 15 is 0 Å². The predicted octanol–water partition coefficient (Wildman–Crippen LogP) is 1.02. The molecule has 1 aliphatic rings. The maximum absolute atomic E-state index is 11.6. The van der Waals surface area contributed by atoms with Crippen LogP contribution in [0.1, 0.15) is 20.8 Å². The lowest BCUT2D eigenvalue weighted by Gasteiger charge is -2.32. The Morgan fingerprint density at radius 3 is 2.67 bits per heavy atom. The van der Waals surface area contributed by atoms with Gasteiger partial charge < -0.3 is 14.3 Å². The number of carbonyl (C=O) groups excluding carboxylic acids is 2. The van der Waals surface area contributed by atoms with Crippen molar-refractivity contribution < 1.29 is 19.1 Å². The molecule has 0 aromatic carbocycles. The second-order valence-corrected chi connectivity index (χ2v) is 4.26. The molecule has 0 spiro atoms. The van der Waals surface area contributed by atoms with Crippen molar-refractivity contribution in [2.24, 2.45) is 5.92 Å². The van der Waals surface area contributed by atoms with E-state index in [-0.39, 0.29) is 12.5 Å². The Labute approximate surface area is 89.3 Å². The number of aldehydes is 1. The molecule has 1 amide bonds. The molecule has 86 valence electrons. The smallest absolute Gasteiger partial charge is 0.412 e. The summed E-state index contributed by atoms with van der Waals surface area (Å²) in [6.45, 7) is 5.74. The molecule has 0 aliphatic carbocycles. The number of hydrogen-bond acceptors (Lipinski definition) is 4. The number of amides is 1. The van der Waals surface area contributed by atoms with Gasteiger partial charge in [-0.05, 0) is 12.8 Å². The molecule has 1 aliphatic heterocycles. The Hall–Kier alpha value is -1.10. The van der Waals surface area contributed by atoms with Crippen LogP contribution in [-0.2, 0) is 14.3 Å². The van der Waals surface area contributed by atoms with Crippen LogP contribution in [0.3, 0.4) is 0 Å². The van der Waals surface area contributed by atoms with Gasteiger partial charge in [0.1, 0.15) is 18.1 Å². The first-order valence-electron chi connectivity index (χ1n) is 4.91. The highest BCUT2D eigenvalue weighted by molar-refractivity contribution is 5.77. The second kappa shape index (κ2) is 4.18. The average Bonchev–Trinajstić information content (AvgIpc) is 2.56. The summed E-state index contributed by atoms with van der Waals surface area (Å²) in [5.74, 6) is 0.117. The van der Waals surface area contributed by atoms with Gasteiger partial charge in [-0.3, -0.25) is 4.90 Å². The van der Waals surface area contributed by atoms with Gasteiger partial charge in [0.25, 0.3) is 0 Å². The van der Waals surface area contributed by atoms with Gasteiger partial charge >= 0.3 is 6.09 Å². The molecule has 2 atom stereocenters. The molecule has 2 unspecified atom stereocenters. The topological polar surface area (TPSA) is 55.8 Å². The van der Waals surface area contributed by atoms with Crippen LogP contribution in [0.15, 0.2) is 0 Å². The molecule has 1 rings (SSSR count). The zero-order chi connectivity index (χ0) is 11.6. The van der Waals surface area contributed by atoms with Crippen LogP contribution in [-0.4, -0.2) is 42.8 Å². The van der Waals surface area contributed by atoms with E-state index in [9.17, 15) is 9.59 Å². The Morgan fingerprint density at radius 1 is 1.67 bits per heavy atom. The minimum absolute atomic E-state index is 0.117. The third-order valence-electron chi connectivity index (χ3n) is 2.55. The summed E-state index contributed by atoms with van der Waals surface area (Å²) < 4.78 is 10.1. The van der Waals surface area contributed by atoms with E-state index in [1.54, 1.807) is 6.92 Å². The van der Waals surface area contributed by atoms with Gasteiger partial charge in [-0.2, -0.15) is 0 Å². The number of ether oxygens (including phenoxy) is 2. The van der Waals surface area contributed by atoms with Crippen LogP contribution in [0.2, 0.25) is 0 Å². The summed E-state index contributed by atoms with van der Waals surface area (Å²) in [5.41, 5.74) is -0.915. The molecule has 0 radical (unpaired) electrons. The minimum atomic E-state index is -0.915. The van der Waals surface area contributed by atoms with E-state index in [1.165, 1.54) is 12.0 Å². The maximum Gasteiger partial charge on any atom is 0.412 e. The first-order valence-corrected chi connectivity index (χ1v) is 4.91. The van der Waals surface area contributed by atoms with Crippen molar-refractivity contribution in [3.63, 3.8) is 0 Å². The Kier molecular flexibility index (Phi) is 3.34. The van der Waals surface area contributed by atoms with E-state index in [1.807, 2.05) is 13.8 Å². The van der Waals surface area contributed by atoms with Crippen molar-refractivity contribution >= 4 is 12.4 Å². The SMILES string of the molecule is COC(=O)N1C(C(C)C)OCC1(C)C=O. The molecular weight excluding hydrogens is 198 g/mol. The monoisotopic (exact) mass is 215 g/mol. The lowest BCUT2D eigenvalue weighted by atomic mass is 10.0. The average molecular weight is 215 g/mol. The molecule has 1 fully saturated rings. The predicted molar refractivity (Wildman–Crippen MR) is 53.3 cm³/mol. The van der Waals surface area contributed by atoms with Gasteiger partial charge in [0.2, 0.25) is 0 Å². The molecule has 5 nitrogen and oxygen atoms in total. The van der Waals surface area contributed by atoms with Crippen LogP contribution in [0.5, 0.6) is 0 Å². The summed E-state index contributed by atoms with van der Waals surface area (Å²) in [6, 6.07) is 0. The zero-order valence-electron chi connectivity index (χ0n) is 9.52. The van der Waals surface area contributed by atoms with Crippen molar-refractivity contribution in [2.45, 2.75) is 32.5 Å². The number of carbonyl (C=O) groups is 2. The fourth-order valence-corrected chi connectivity index (χ4v) is 1.68. The van der Waals surface area contributed by atoms with Crippen molar-refractivity contribution in [1.82, 2.24) is 4.90 Å². The van der Waals surface area contributed by atoms with Crippen LogP contribution >= 0.6 is 0 Å². The fourth-order valence-electron chi connectivity index (χ4n) is 1.68. The highest BCUT2D eigenvalue weighted by Crippen LogP contribution is 2.30. The number of methoxy groups -OCH3 is 1. The Balaban J connectivity index is 2.97. The minimum Gasteiger partial charge on any atom is -0.453 e. The Bertz CT molecular complexity index is 266. The fraction of sp³-hybridized carbons (Fsp3) is 0.800. The van der Waals surface area contributed by atoms with Crippen LogP contribution < -0.4 is 0 Å². The molecule has 15 heavy (non-hydrogen) atoms. The first kappa shape index (κ1) is 12.0. The van der Waals surface area contributed by atoms with Gasteiger partial charge in [0.15, 0.2) is 0 Å². The normalized spacial score (nSPS) is 30.7. The number of rotatable bonds is 2. The van der Waals surface area contributed by atoms with Gasteiger partial charge in [0.05, 0.1) is 13.7 Å². The van der Waals surface area contributed by atoms with Gasteiger partial charge in [0, 0.05) is 0 Å². The van der Waals surface area contributed by atoms with Crippen molar-refractivity contribution in [3.05, 3.63) is 0 Å². The van der Waals surface area contributed by atoms with Crippen LogP contribution in [0.4, 0.5) is 4.79 Å². The standard InChI is InChI=1S/C10H17NO4/c1-7(2)8-11(9(13)14-4)10(3,5-12)6-15-8/h5,7-8H,6H2,1-4H3. The molecule has 0 aromatic heterocycles. The molecule has 0 N–H and O–H groups in total. The van der Waals surface area contributed by atoms with Crippen molar-refractivity contribution in [2.75, 3.05) is 13.7 Å². The second-order valence-electron chi connectivity index (χ2n) is 4.26. The third-order valence-corrected chi connectivity index (χ3v) is 2.55. The highest BCUT2D eigenvalue weighted by Gasteiger charge is 2.48. The molecule has 0 bridgehead atoms. The van der Waals surface area contributed by atoms with E-state index in [0.29, 0.717) is 0 Å². The Morgan fingerprint density at radius 2 is 2.27 bits per heavy atom. The van der Waals surface area contributed by atoms with Crippen molar-refractivity contribution in [3.8, 4) is 0 Å². The van der Waals surface area contributed by atoms with E-state index in [0.717, 1.165) is 6.29 Å². The number of nitrogens with zero attached hydrogens (tertiary/aromatic N) is 1. The lowest BCUT2D eigenvalue weighted by Crippen LogP contribution is -2.52. The number of hydrogen-bond donors (Lipinski definition) is 0.